The molecule has 3 aromatic carbocycles. The number of benzene rings is 3. The van der Waals surface area contributed by atoms with Crippen LogP contribution >= 0.6 is 0 Å². The summed E-state index contributed by atoms with van der Waals surface area (Å²) in [7, 11) is 0. The van der Waals surface area contributed by atoms with Crippen LogP contribution in [0.3, 0.4) is 0 Å². The number of aromatic nitrogens is 1. The lowest BCUT2D eigenvalue weighted by molar-refractivity contribution is -0.384. The van der Waals surface area contributed by atoms with Crippen molar-refractivity contribution in [2.24, 2.45) is 0 Å². The van der Waals surface area contributed by atoms with Gasteiger partial charge >= 0.3 is 0 Å². The SMILES string of the molecule is Cc1ccc(-c2ncco2)cc1-c1ccc(CC(=O)Cc2ccc([N+](=O)[O-])cc2)cc1. The summed E-state index contributed by atoms with van der Waals surface area (Å²) in [5, 5.41) is 10.7. The Morgan fingerprint density at radius 1 is 0.935 bits per heavy atom. The Labute approximate surface area is 179 Å². The predicted molar refractivity (Wildman–Crippen MR) is 118 cm³/mol. The quantitative estimate of drug-likeness (QED) is 0.292. The van der Waals surface area contributed by atoms with Crippen molar-refractivity contribution >= 4 is 11.5 Å². The Kier molecular flexibility index (Phi) is 5.71. The third-order valence-corrected chi connectivity index (χ3v) is 5.13. The zero-order valence-corrected chi connectivity index (χ0v) is 16.9. The summed E-state index contributed by atoms with van der Waals surface area (Å²) in [6.45, 7) is 2.05. The molecular weight excluding hydrogens is 392 g/mol. The van der Waals surface area contributed by atoms with E-state index in [1.807, 2.05) is 36.4 Å². The highest BCUT2D eigenvalue weighted by atomic mass is 16.6. The molecule has 0 amide bonds. The van der Waals surface area contributed by atoms with Crippen LogP contribution in [-0.2, 0) is 17.6 Å². The lowest BCUT2D eigenvalue weighted by Gasteiger charge is -2.09. The van der Waals surface area contributed by atoms with Crippen LogP contribution in [0.15, 0.2) is 83.6 Å². The molecule has 0 saturated heterocycles. The number of aryl methyl sites for hydroxylation is 1. The minimum atomic E-state index is -0.449. The number of carbonyl (C=O) groups excluding carboxylic acids is 1. The highest BCUT2D eigenvalue weighted by Crippen LogP contribution is 2.29. The average molecular weight is 412 g/mol. The van der Waals surface area contributed by atoms with Gasteiger partial charge in [0.1, 0.15) is 12.0 Å². The van der Waals surface area contributed by atoms with Crippen LogP contribution in [-0.4, -0.2) is 15.7 Å². The Hall–Kier alpha value is -4.06. The van der Waals surface area contributed by atoms with Crippen LogP contribution in [0, 0.1) is 17.0 Å². The van der Waals surface area contributed by atoms with Crippen LogP contribution in [0.25, 0.3) is 22.6 Å². The van der Waals surface area contributed by atoms with Crippen molar-refractivity contribution in [2.45, 2.75) is 19.8 Å². The molecule has 0 spiro atoms. The standard InChI is InChI=1S/C25H20N2O4/c1-17-2-7-21(25-26-12-13-31-25)16-24(17)20-8-3-18(4-9-20)14-23(28)15-19-5-10-22(11-6-19)27(29)30/h2-13,16H,14-15H2,1H3. The lowest BCUT2D eigenvalue weighted by Crippen LogP contribution is -2.06. The zero-order valence-electron chi connectivity index (χ0n) is 16.9. The molecular formula is C25H20N2O4. The fraction of sp³-hybridized carbons (Fsp3) is 0.120. The molecule has 31 heavy (non-hydrogen) atoms. The number of ketones is 1. The van der Waals surface area contributed by atoms with Crippen molar-refractivity contribution in [2.75, 3.05) is 0 Å². The molecule has 0 saturated carbocycles. The molecule has 6 nitrogen and oxygen atoms in total. The van der Waals surface area contributed by atoms with Gasteiger partial charge < -0.3 is 4.42 Å². The third kappa shape index (κ3) is 4.75. The highest BCUT2D eigenvalue weighted by molar-refractivity contribution is 5.83. The summed E-state index contributed by atoms with van der Waals surface area (Å²) in [6.07, 6.45) is 3.73. The van der Waals surface area contributed by atoms with Crippen LogP contribution in [0.2, 0.25) is 0 Å². The number of non-ortho nitro benzene ring substituents is 1. The van der Waals surface area contributed by atoms with Gasteiger partial charge in [-0.3, -0.25) is 14.9 Å². The molecule has 0 unspecified atom stereocenters. The van der Waals surface area contributed by atoms with Crippen molar-refractivity contribution < 1.29 is 14.1 Å². The maximum atomic E-state index is 12.4. The number of rotatable bonds is 7. The minimum Gasteiger partial charge on any atom is -0.445 e. The van der Waals surface area contributed by atoms with Gasteiger partial charge in [0.15, 0.2) is 0 Å². The summed E-state index contributed by atoms with van der Waals surface area (Å²) >= 11 is 0. The van der Waals surface area contributed by atoms with Crippen molar-refractivity contribution in [3.05, 3.63) is 106 Å². The monoisotopic (exact) mass is 412 g/mol. The first-order valence-corrected chi connectivity index (χ1v) is 9.84. The van der Waals surface area contributed by atoms with E-state index in [1.54, 1.807) is 24.6 Å². The van der Waals surface area contributed by atoms with Gasteiger partial charge in [0.25, 0.3) is 5.69 Å². The molecule has 0 bridgehead atoms. The number of nitro benzene ring substituents is 1. The summed E-state index contributed by atoms with van der Waals surface area (Å²) in [6, 6.07) is 20.1. The second-order valence-electron chi connectivity index (χ2n) is 7.38. The van der Waals surface area contributed by atoms with Gasteiger partial charge in [0, 0.05) is 30.5 Å². The Morgan fingerprint density at radius 3 is 2.13 bits per heavy atom. The number of nitrogens with zero attached hydrogens (tertiary/aromatic N) is 2. The van der Waals surface area contributed by atoms with Crippen molar-refractivity contribution in [1.82, 2.24) is 4.98 Å². The lowest BCUT2D eigenvalue weighted by atomic mass is 9.96. The molecule has 154 valence electrons. The van der Waals surface area contributed by atoms with Gasteiger partial charge in [0.2, 0.25) is 5.89 Å². The normalized spacial score (nSPS) is 10.7. The van der Waals surface area contributed by atoms with Crippen molar-refractivity contribution in [3.8, 4) is 22.6 Å². The molecule has 1 heterocycles. The Bertz CT molecular complexity index is 1210. The largest absolute Gasteiger partial charge is 0.445 e. The highest BCUT2D eigenvalue weighted by Gasteiger charge is 2.10. The molecule has 0 fully saturated rings. The summed E-state index contributed by atoms with van der Waals surface area (Å²) < 4.78 is 5.40. The predicted octanol–water partition coefficient (Wildman–Crippen LogP) is 5.58. The number of carbonyl (C=O) groups is 1. The van der Waals surface area contributed by atoms with Gasteiger partial charge in [-0.25, -0.2) is 4.98 Å². The number of hydrogen-bond donors (Lipinski definition) is 0. The third-order valence-electron chi connectivity index (χ3n) is 5.13. The smallest absolute Gasteiger partial charge is 0.269 e. The molecule has 0 aliphatic heterocycles. The molecule has 4 aromatic rings. The van der Waals surface area contributed by atoms with E-state index in [0.29, 0.717) is 12.3 Å². The van der Waals surface area contributed by atoms with E-state index in [1.165, 1.54) is 12.1 Å². The van der Waals surface area contributed by atoms with Crippen LogP contribution in [0.4, 0.5) is 5.69 Å². The van der Waals surface area contributed by atoms with E-state index in [9.17, 15) is 14.9 Å². The van der Waals surface area contributed by atoms with E-state index in [-0.39, 0.29) is 17.9 Å². The van der Waals surface area contributed by atoms with E-state index in [0.717, 1.165) is 33.4 Å². The summed E-state index contributed by atoms with van der Waals surface area (Å²) in [4.78, 5) is 26.9. The number of hydrogen-bond acceptors (Lipinski definition) is 5. The first-order chi connectivity index (χ1) is 15.0. The van der Waals surface area contributed by atoms with E-state index in [4.69, 9.17) is 4.42 Å². The fourth-order valence-electron chi connectivity index (χ4n) is 3.49. The summed E-state index contributed by atoms with van der Waals surface area (Å²) in [5.74, 6) is 0.637. The number of Topliss-reactive ketones (excluding diaryl/α,β-unsaturated/α-hetero) is 1. The Balaban J connectivity index is 1.45. The van der Waals surface area contributed by atoms with Gasteiger partial charge in [-0.2, -0.15) is 0 Å². The minimum absolute atomic E-state index is 0.0222. The molecule has 0 N–H and O–H groups in total. The van der Waals surface area contributed by atoms with Gasteiger partial charge in [0.05, 0.1) is 11.1 Å². The molecule has 1 aromatic heterocycles. The molecule has 4 rings (SSSR count). The van der Waals surface area contributed by atoms with Crippen LogP contribution in [0.1, 0.15) is 16.7 Å². The van der Waals surface area contributed by atoms with E-state index in [2.05, 4.69) is 18.0 Å². The van der Waals surface area contributed by atoms with E-state index >= 15 is 0 Å². The average Bonchev–Trinajstić information content (AvgIpc) is 3.30. The van der Waals surface area contributed by atoms with Crippen molar-refractivity contribution in [3.63, 3.8) is 0 Å². The van der Waals surface area contributed by atoms with Crippen molar-refractivity contribution in [1.29, 1.82) is 0 Å². The first kappa shape index (κ1) is 20.2. The first-order valence-electron chi connectivity index (χ1n) is 9.84. The maximum absolute atomic E-state index is 12.4. The summed E-state index contributed by atoms with van der Waals surface area (Å²) in [5.41, 5.74) is 5.90. The molecule has 6 heteroatoms. The van der Waals surface area contributed by atoms with Gasteiger partial charge in [-0.1, -0.05) is 42.5 Å². The second kappa shape index (κ2) is 8.75. The van der Waals surface area contributed by atoms with Crippen LogP contribution in [0.5, 0.6) is 0 Å². The topological polar surface area (TPSA) is 86.2 Å². The molecule has 0 aliphatic carbocycles. The zero-order chi connectivity index (χ0) is 21.8. The second-order valence-corrected chi connectivity index (χ2v) is 7.38. The molecule has 0 radical (unpaired) electrons. The van der Waals surface area contributed by atoms with Gasteiger partial charge in [-0.05, 0) is 46.9 Å². The van der Waals surface area contributed by atoms with Crippen LogP contribution < -0.4 is 0 Å². The van der Waals surface area contributed by atoms with E-state index < -0.39 is 4.92 Å². The molecule has 0 atom stereocenters. The van der Waals surface area contributed by atoms with Gasteiger partial charge in [-0.15, -0.1) is 0 Å². The maximum Gasteiger partial charge on any atom is 0.269 e. The number of nitro groups is 1. The fourth-order valence-corrected chi connectivity index (χ4v) is 3.49. The molecule has 0 aliphatic rings. The number of oxazole rings is 1. The Morgan fingerprint density at radius 2 is 1.55 bits per heavy atom.